The quantitative estimate of drug-likeness (QED) is 0.522. The fourth-order valence-electron chi connectivity index (χ4n) is 1.79. The van der Waals surface area contributed by atoms with Crippen LogP contribution in [0.15, 0.2) is 0 Å². The van der Waals surface area contributed by atoms with E-state index in [9.17, 15) is 5.11 Å². The minimum atomic E-state index is -0.329. The van der Waals surface area contributed by atoms with Crippen LogP contribution >= 0.6 is 0 Å². The Bertz CT molecular complexity index is 142. The molecular weight excluding hydrogens is 132 g/mol. The number of hydrogen-bond acceptors (Lipinski definition) is 3. The van der Waals surface area contributed by atoms with Gasteiger partial charge in [-0.1, -0.05) is 0 Å². The average molecular weight is 144 g/mol. The lowest BCUT2D eigenvalue weighted by molar-refractivity contribution is 0.0339. The van der Waals surface area contributed by atoms with Gasteiger partial charge in [-0.3, -0.25) is 0 Å². The van der Waals surface area contributed by atoms with Gasteiger partial charge in [0.25, 0.3) is 0 Å². The van der Waals surface area contributed by atoms with Gasteiger partial charge in [-0.15, -0.1) is 0 Å². The Morgan fingerprint density at radius 2 is 2.20 bits per heavy atom. The highest BCUT2D eigenvalue weighted by Crippen LogP contribution is 2.55. The van der Waals surface area contributed by atoms with Crippen LogP contribution in [-0.2, 0) is 4.74 Å². The molecule has 2 aliphatic rings. The second kappa shape index (κ2) is 1.94. The maximum Gasteiger partial charge on any atom is 0.0888 e. The molecule has 3 nitrogen and oxygen atoms in total. The van der Waals surface area contributed by atoms with Crippen LogP contribution in [0.1, 0.15) is 12.8 Å². The topological polar surface area (TPSA) is 49.7 Å². The summed E-state index contributed by atoms with van der Waals surface area (Å²) < 4.78 is 5.19. The molecule has 0 aromatic rings. The summed E-state index contributed by atoms with van der Waals surface area (Å²) in [5, 5.41) is 18.2. The summed E-state index contributed by atoms with van der Waals surface area (Å²) in [7, 11) is 0. The summed E-state index contributed by atoms with van der Waals surface area (Å²) >= 11 is 0. The molecule has 1 spiro atoms. The second-order valence-corrected chi connectivity index (χ2v) is 3.25. The minimum absolute atomic E-state index is 0.0469. The van der Waals surface area contributed by atoms with Gasteiger partial charge in [-0.25, -0.2) is 0 Å². The van der Waals surface area contributed by atoms with E-state index in [1.54, 1.807) is 0 Å². The fourth-order valence-corrected chi connectivity index (χ4v) is 1.79. The predicted molar refractivity (Wildman–Crippen MR) is 34.5 cm³/mol. The minimum Gasteiger partial charge on any atom is -0.394 e. The predicted octanol–water partition coefficient (Wildman–Crippen LogP) is -0.481. The average Bonchev–Trinajstić information content (AvgIpc) is 2.63. The molecule has 2 unspecified atom stereocenters. The first-order valence-electron chi connectivity index (χ1n) is 3.70. The van der Waals surface area contributed by atoms with Gasteiger partial charge in [0.2, 0.25) is 0 Å². The lowest BCUT2D eigenvalue weighted by Gasteiger charge is -2.15. The van der Waals surface area contributed by atoms with Crippen molar-refractivity contribution in [2.75, 3.05) is 13.2 Å². The molecule has 1 saturated carbocycles. The van der Waals surface area contributed by atoms with Gasteiger partial charge in [0.1, 0.15) is 0 Å². The highest BCUT2D eigenvalue weighted by atomic mass is 16.5. The van der Waals surface area contributed by atoms with Crippen LogP contribution in [0.4, 0.5) is 0 Å². The van der Waals surface area contributed by atoms with Crippen LogP contribution in [0.3, 0.4) is 0 Å². The molecular formula is C7H12O3. The van der Waals surface area contributed by atoms with Crippen molar-refractivity contribution in [1.82, 2.24) is 0 Å². The molecule has 2 atom stereocenters. The first-order chi connectivity index (χ1) is 4.79. The van der Waals surface area contributed by atoms with E-state index in [0.717, 1.165) is 12.8 Å². The maximum absolute atomic E-state index is 9.38. The molecule has 3 heteroatoms. The van der Waals surface area contributed by atoms with Crippen molar-refractivity contribution in [2.24, 2.45) is 5.41 Å². The van der Waals surface area contributed by atoms with Crippen LogP contribution < -0.4 is 0 Å². The monoisotopic (exact) mass is 144 g/mol. The van der Waals surface area contributed by atoms with Gasteiger partial charge in [0, 0.05) is 5.41 Å². The van der Waals surface area contributed by atoms with Crippen molar-refractivity contribution in [3.05, 3.63) is 0 Å². The molecule has 0 aromatic heterocycles. The van der Waals surface area contributed by atoms with E-state index in [1.807, 2.05) is 0 Å². The molecule has 0 radical (unpaired) electrons. The van der Waals surface area contributed by atoms with Crippen LogP contribution in [0.25, 0.3) is 0 Å². The van der Waals surface area contributed by atoms with Gasteiger partial charge in [-0.05, 0) is 12.8 Å². The van der Waals surface area contributed by atoms with E-state index in [2.05, 4.69) is 0 Å². The Kier molecular flexibility index (Phi) is 1.27. The number of aliphatic hydroxyl groups is 2. The first-order valence-corrected chi connectivity index (χ1v) is 3.70. The van der Waals surface area contributed by atoms with Crippen molar-refractivity contribution < 1.29 is 14.9 Å². The van der Waals surface area contributed by atoms with Crippen molar-refractivity contribution in [1.29, 1.82) is 0 Å². The molecule has 0 aromatic carbocycles. The summed E-state index contributed by atoms with van der Waals surface area (Å²) in [4.78, 5) is 0. The van der Waals surface area contributed by atoms with Crippen molar-refractivity contribution in [3.8, 4) is 0 Å². The number of ether oxygens (including phenoxy) is 1. The Balaban J connectivity index is 2.11. The van der Waals surface area contributed by atoms with Crippen LogP contribution in [0.5, 0.6) is 0 Å². The molecule has 1 aliphatic heterocycles. The SMILES string of the molecule is OCC1OCC(O)C12CC2. The third-order valence-corrected chi connectivity index (χ3v) is 2.75. The van der Waals surface area contributed by atoms with E-state index < -0.39 is 0 Å². The third-order valence-electron chi connectivity index (χ3n) is 2.75. The maximum atomic E-state index is 9.38. The number of hydrogen-bond donors (Lipinski definition) is 2. The van der Waals surface area contributed by atoms with E-state index in [1.165, 1.54) is 0 Å². The number of rotatable bonds is 1. The van der Waals surface area contributed by atoms with Gasteiger partial charge >= 0.3 is 0 Å². The zero-order valence-electron chi connectivity index (χ0n) is 5.79. The van der Waals surface area contributed by atoms with Gasteiger partial charge in [0.15, 0.2) is 0 Å². The lowest BCUT2D eigenvalue weighted by atomic mass is 9.96. The fraction of sp³-hybridized carbons (Fsp3) is 1.00. The Morgan fingerprint density at radius 3 is 2.60 bits per heavy atom. The van der Waals surface area contributed by atoms with Crippen molar-refractivity contribution >= 4 is 0 Å². The summed E-state index contributed by atoms with van der Waals surface area (Å²) in [6, 6.07) is 0. The smallest absolute Gasteiger partial charge is 0.0888 e. The molecule has 0 bridgehead atoms. The van der Waals surface area contributed by atoms with Gasteiger partial charge in [-0.2, -0.15) is 0 Å². The Labute approximate surface area is 59.6 Å². The molecule has 1 aliphatic carbocycles. The van der Waals surface area contributed by atoms with Gasteiger partial charge in [0.05, 0.1) is 25.4 Å². The summed E-state index contributed by atoms with van der Waals surface area (Å²) in [5.74, 6) is 0. The van der Waals surface area contributed by atoms with E-state index in [4.69, 9.17) is 9.84 Å². The first kappa shape index (κ1) is 6.58. The van der Waals surface area contributed by atoms with Crippen molar-refractivity contribution in [2.45, 2.75) is 25.0 Å². The van der Waals surface area contributed by atoms with Crippen molar-refractivity contribution in [3.63, 3.8) is 0 Å². The normalized spacial score (nSPS) is 42.6. The molecule has 1 saturated heterocycles. The second-order valence-electron chi connectivity index (χ2n) is 3.25. The van der Waals surface area contributed by atoms with E-state index in [0.29, 0.717) is 6.61 Å². The summed E-state index contributed by atoms with van der Waals surface area (Å²) in [6.45, 7) is 0.461. The largest absolute Gasteiger partial charge is 0.394 e. The van der Waals surface area contributed by atoms with Crippen LogP contribution in [0, 0.1) is 5.41 Å². The molecule has 10 heavy (non-hydrogen) atoms. The van der Waals surface area contributed by atoms with E-state index in [-0.39, 0.29) is 24.2 Å². The van der Waals surface area contributed by atoms with E-state index >= 15 is 0 Å². The van der Waals surface area contributed by atoms with Crippen LogP contribution in [0.2, 0.25) is 0 Å². The van der Waals surface area contributed by atoms with Crippen LogP contribution in [-0.4, -0.2) is 35.6 Å². The molecule has 2 fully saturated rings. The Morgan fingerprint density at radius 1 is 1.50 bits per heavy atom. The zero-order valence-corrected chi connectivity index (χ0v) is 5.79. The highest BCUT2D eigenvalue weighted by molar-refractivity contribution is 5.07. The highest BCUT2D eigenvalue weighted by Gasteiger charge is 2.59. The number of aliphatic hydroxyl groups excluding tert-OH is 2. The molecule has 2 N–H and O–H groups in total. The summed E-state index contributed by atoms with van der Waals surface area (Å²) in [5.41, 5.74) is -0.0469. The molecule has 58 valence electrons. The lowest BCUT2D eigenvalue weighted by Crippen LogP contribution is -2.28. The standard InChI is InChI=1S/C7H12O3/c8-3-6-7(1-2-7)5(9)4-10-6/h5-6,8-9H,1-4H2. The molecule has 1 heterocycles. The zero-order chi connectivity index (χ0) is 7.19. The Hall–Kier alpha value is -0.120. The third kappa shape index (κ3) is 0.654. The molecule has 0 amide bonds. The van der Waals surface area contributed by atoms with Gasteiger partial charge < -0.3 is 14.9 Å². The summed E-state index contributed by atoms with van der Waals surface area (Å²) in [6.07, 6.45) is 1.60. The molecule has 2 rings (SSSR count).